The Hall–Kier alpha value is -6.40. The van der Waals surface area contributed by atoms with E-state index in [2.05, 4.69) is 59.6 Å². The van der Waals surface area contributed by atoms with Crippen molar-refractivity contribution >= 4 is 20.3 Å². The van der Waals surface area contributed by atoms with Crippen molar-refractivity contribution < 1.29 is 56.6 Å². The molecule has 1 saturated heterocycles. The summed E-state index contributed by atoms with van der Waals surface area (Å²) >= 11 is 0. The van der Waals surface area contributed by atoms with E-state index in [-0.39, 0.29) is 17.2 Å². The monoisotopic (exact) mass is 1630 g/mol. The maximum absolute atomic E-state index is 15.0. The highest BCUT2D eigenvalue weighted by atomic mass is 28.4. The first-order valence-electron chi connectivity index (χ1n) is 46.6. The Bertz CT molecular complexity index is 3370. The third-order valence-electron chi connectivity index (χ3n) is 23.9. The van der Waals surface area contributed by atoms with Gasteiger partial charge in [0.15, 0.2) is 38.8 Å². The predicted molar refractivity (Wildman–Crippen MR) is 477 cm³/mol. The van der Waals surface area contributed by atoms with Gasteiger partial charge in [-0.15, -0.1) is 0 Å². The molecule has 116 heavy (non-hydrogen) atoms. The average Bonchev–Trinajstić information content (AvgIpc) is 1.52. The fourth-order valence-electron chi connectivity index (χ4n) is 15.7. The second-order valence-corrected chi connectivity index (χ2v) is 39.3. The summed E-state index contributed by atoms with van der Waals surface area (Å²) in [5.41, 5.74) is -0.295. The van der Waals surface area contributed by atoms with Crippen LogP contribution in [0.3, 0.4) is 0 Å². The molecule has 4 atom stereocenters. The summed E-state index contributed by atoms with van der Waals surface area (Å²) in [6.07, 6.45) is 57.4. The summed E-state index contributed by atoms with van der Waals surface area (Å²) in [5, 5.41) is -0.383. The van der Waals surface area contributed by atoms with E-state index < -0.39 is 68.3 Å². The lowest BCUT2D eigenvalue weighted by Crippen LogP contribution is -2.51. The van der Waals surface area contributed by atoms with E-state index in [4.69, 9.17) is 47.1 Å². The maximum Gasteiger partial charge on any atom is 0.344 e. The normalized spacial score (nSPS) is 15.1. The van der Waals surface area contributed by atoms with Gasteiger partial charge in [0.2, 0.25) is 5.75 Å². The third kappa shape index (κ3) is 36.7. The molecule has 2 heterocycles. The zero-order chi connectivity index (χ0) is 83.2. The summed E-state index contributed by atoms with van der Waals surface area (Å²) in [4.78, 5) is 59.0. The number of nitrogens with zero attached hydrogens (tertiary/aromatic N) is 1. The summed E-state index contributed by atoms with van der Waals surface area (Å²) in [7, 11) is 0.368. The van der Waals surface area contributed by atoms with Crippen LogP contribution in [0.25, 0.3) is 0 Å². The van der Waals surface area contributed by atoms with Gasteiger partial charge in [-0.1, -0.05) is 385 Å². The fourth-order valence-corrected chi connectivity index (χ4v) is 17.0. The number of benzene rings is 4. The lowest BCUT2D eigenvalue weighted by atomic mass is 9.80. The first-order chi connectivity index (χ1) is 56.5. The molecule has 6 rings (SSSR count). The van der Waals surface area contributed by atoms with Crippen molar-refractivity contribution in [3.63, 3.8) is 0 Å². The van der Waals surface area contributed by atoms with Crippen LogP contribution in [0.15, 0.2) is 113 Å². The second-order valence-electron chi connectivity index (χ2n) is 34.5. The molecule has 0 radical (unpaired) electrons. The number of H-pyrrole nitrogens is 1. The lowest BCUT2D eigenvalue weighted by molar-refractivity contribution is -0.162. The minimum atomic E-state index is -2.86. The number of carbonyl (C=O) groups is 2. The second kappa shape index (κ2) is 58.5. The Morgan fingerprint density at radius 1 is 0.448 bits per heavy atom. The maximum atomic E-state index is 15.0. The molecule has 1 aliphatic heterocycles. The highest BCUT2D eigenvalue weighted by Gasteiger charge is 2.54. The molecule has 1 aliphatic rings. The summed E-state index contributed by atoms with van der Waals surface area (Å²) in [6, 6.07) is 29.6. The van der Waals surface area contributed by atoms with E-state index in [1.165, 1.54) is 267 Å². The molecule has 0 amide bonds. The number of ether oxygens (including phenoxy) is 9. The molecule has 1 N–H and O–H groups in total. The van der Waals surface area contributed by atoms with Gasteiger partial charge >= 0.3 is 17.6 Å². The number of hydrogen-bond donors (Lipinski definition) is 1. The van der Waals surface area contributed by atoms with Crippen LogP contribution in [0, 0.1) is 0 Å². The molecule has 5 aromatic rings. The first-order valence-corrected chi connectivity index (χ1v) is 49.5. The lowest BCUT2D eigenvalue weighted by Gasteiger charge is -2.40. The molecule has 16 nitrogen and oxygen atoms in total. The minimum Gasteiger partial charge on any atom is -0.497 e. The van der Waals surface area contributed by atoms with Gasteiger partial charge in [-0.3, -0.25) is 14.3 Å². The molecule has 4 aromatic carbocycles. The SMILES string of the molecule is CCCCCCCCCCCCCCCCCCOc1cc(C(=O)OCC(=O)O[C@@H]2[C@@H](O[Si](C)(C)C(C)(C)C)[C@H](n3ccc(=O)[nH]c3=O)O[C@@H]2COC(c2ccccc2)(c2ccc(OC)cc2)c2ccc(OC)cc2)cc(OCCCCCCCCCCCCCCCCCC)c1OCCCCCCCCCCCCCCCCCC. The molecule has 0 spiro atoms. The van der Waals surface area contributed by atoms with Gasteiger partial charge in [-0.05, 0) is 90.5 Å². The van der Waals surface area contributed by atoms with Crippen LogP contribution in [-0.2, 0) is 33.8 Å². The van der Waals surface area contributed by atoms with Gasteiger partial charge in [0, 0.05) is 12.3 Å². The number of aromatic amines is 1. The van der Waals surface area contributed by atoms with E-state index in [1.807, 2.05) is 78.9 Å². The largest absolute Gasteiger partial charge is 0.497 e. The van der Waals surface area contributed by atoms with Crippen molar-refractivity contribution in [3.8, 4) is 28.7 Å². The van der Waals surface area contributed by atoms with Gasteiger partial charge in [0.1, 0.15) is 29.3 Å². The summed E-state index contributed by atoms with van der Waals surface area (Å²) < 4.78 is 67.1. The smallest absolute Gasteiger partial charge is 0.344 e. The number of hydrogen-bond acceptors (Lipinski definition) is 14. The van der Waals surface area contributed by atoms with E-state index in [0.717, 1.165) is 74.5 Å². The van der Waals surface area contributed by atoms with Crippen LogP contribution < -0.4 is 34.9 Å². The van der Waals surface area contributed by atoms with Crippen LogP contribution in [0.1, 0.15) is 383 Å². The molecule has 1 fully saturated rings. The molecule has 0 bridgehead atoms. The predicted octanol–water partition coefficient (Wildman–Crippen LogP) is 26.5. The molecule has 17 heteroatoms. The fraction of sp³-hybridized carbons (Fsp3) is 0.697. The van der Waals surface area contributed by atoms with Crippen molar-refractivity contribution in [2.45, 2.75) is 398 Å². The Kier molecular flexibility index (Phi) is 49.6. The Labute approximate surface area is 702 Å². The van der Waals surface area contributed by atoms with Gasteiger partial charge in [-0.25, -0.2) is 14.4 Å². The van der Waals surface area contributed by atoms with E-state index in [9.17, 15) is 19.2 Å². The Balaban J connectivity index is 1.23. The Morgan fingerprint density at radius 3 is 1.16 bits per heavy atom. The van der Waals surface area contributed by atoms with Crippen molar-refractivity contribution in [2.24, 2.45) is 0 Å². The summed E-state index contributed by atoms with van der Waals surface area (Å²) in [5.74, 6) is 0.879. The number of esters is 2. The highest BCUT2D eigenvalue weighted by molar-refractivity contribution is 6.74. The van der Waals surface area contributed by atoms with E-state index in [0.29, 0.717) is 48.6 Å². The minimum absolute atomic E-state index is 0.137. The van der Waals surface area contributed by atoms with Gasteiger partial charge in [0.25, 0.3) is 5.56 Å². The number of rotatable bonds is 69. The number of unbranched alkanes of at least 4 members (excludes halogenated alkanes) is 45. The highest BCUT2D eigenvalue weighted by Crippen LogP contribution is 2.47. The van der Waals surface area contributed by atoms with Crippen LogP contribution in [0.4, 0.5) is 0 Å². The average molecular weight is 1630 g/mol. The molecular formula is C99H158N2O14Si. The van der Waals surface area contributed by atoms with Gasteiger partial charge < -0.3 is 47.1 Å². The van der Waals surface area contributed by atoms with Crippen molar-refractivity contribution in [3.05, 3.63) is 146 Å². The van der Waals surface area contributed by atoms with Crippen LogP contribution in [-0.4, -0.2) is 95.4 Å². The first kappa shape index (κ1) is 98.4. The number of nitrogens with one attached hydrogen (secondary N) is 1. The molecule has 1 aromatic heterocycles. The molecular weight excluding hydrogens is 1470 g/mol. The number of aromatic nitrogens is 2. The number of carbonyl (C=O) groups excluding carboxylic acids is 2. The molecule has 0 aliphatic carbocycles. The van der Waals surface area contributed by atoms with Gasteiger partial charge in [-0.2, -0.15) is 0 Å². The quantitative estimate of drug-likeness (QED) is 0.0168. The van der Waals surface area contributed by atoms with Gasteiger partial charge in [0.05, 0.1) is 46.2 Å². The topological polar surface area (TPSA) is 181 Å². The standard InChI is InChI=1S/C99H158N2O14Si/c1-11-14-17-20-23-26-29-32-35-38-41-44-47-50-53-59-74-108-87-77-81(78-88(109-75-60-54-51-48-45-42-39-36-33-30-27-24-21-18-15-12-2)92(87)110-76-61-55-52-49-46-43-40-37-34-31-28-25-22-19-16-13-3)96(104)111-80-91(103)114-93-89(113-95(101-73-72-90(102)100-97(101)105)94(93)115-116(9,10)98(4,5)6)79-112-99(82-62-57-56-58-63-82,83-64-68-85(106-7)69-65-83)84-66-70-86(107-8)71-67-84/h56-58,62-73,77-78,89,93-95H,11-55,59-61,74-76,79-80H2,1-10H3,(H,100,102,105)/t89-,93+,94-,95-/m1/s1. The van der Waals surface area contributed by atoms with E-state index >= 15 is 0 Å². The molecule has 652 valence electrons. The zero-order valence-electron chi connectivity index (χ0n) is 74.3. The van der Waals surface area contributed by atoms with E-state index in [1.54, 1.807) is 26.4 Å². The van der Waals surface area contributed by atoms with Crippen LogP contribution >= 0.6 is 0 Å². The molecule has 0 unspecified atom stereocenters. The third-order valence-corrected chi connectivity index (χ3v) is 28.4. The van der Waals surface area contributed by atoms with Crippen molar-refractivity contribution in [1.29, 1.82) is 0 Å². The van der Waals surface area contributed by atoms with Crippen molar-refractivity contribution in [2.75, 3.05) is 47.3 Å². The van der Waals surface area contributed by atoms with Crippen molar-refractivity contribution in [1.82, 2.24) is 9.55 Å². The molecule has 0 saturated carbocycles. The Morgan fingerprint density at radius 2 is 0.802 bits per heavy atom. The summed E-state index contributed by atoms with van der Waals surface area (Å²) in [6.45, 7) is 17.5. The zero-order valence-corrected chi connectivity index (χ0v) is 75.3. The van der Waals surface area contributed by atoms with Crippen LogP contribution in [0.2, 0.25) is 18.1 Å². The van der Waals surface area contributed by atoms with Crippen LogP contribution in [0.5, 0.6) is 28.7 Å². The number of methoxy groups -OCH3 is 2.